The van der Waals surface area contributed by atoms with Gasteiger partial charge in [0, 0.05) is 17.3 Å². The van der Waals surface area contributed by atoms with Gasteiger partial charge in [-0.2, -0.15) is 0 Å². The summed E-state index contributed by atoms with van der Waals surface area (Å²) in [5, 5.41) is 9.62. The van der Waals surface area contributed by atoms with Gasteiger partial charge in [-0.15, -0.1) is 0 Å². The average Bonchev–Trinajstić information content (AvgIpc) is 2.22. The second kappa shape index (κ2) is 3.20. The summed E-state index contributed by atoms with van der Waals surface area (Å²) in [4.78, 5) is 22.9. The second-order valence-electron chi connectivity index (χ2n) is 3.88. The number of hydrogen-bond donors (Lipinski definition) is 2. The van der Waals surface area contributed by atoms with E-state index in [1.807, 2.05) is 6.92 Å². The van der Waals surface area contributed by atoms with E-state index in [2.05, 4.69) is 0 Å². The number of aliphatic hydroxyl groups is 1. The van der Waals surface area contributed by atoms with Gasteiger partial charge in [-0.1, -0.05) is 0 Å². The van der Waals surface area contributed by atoms with Gasteiger partial charge in [0.2, 0.25) is 11.6 Å². The zero-order valence-corrected chi connectivity index (χ0v) is 9.00. The van der Waals surface area contributed by atoms with E-state index >= 15 is 0 Å². The highest BCUT2D eigenvalue weighted by molar-refractivity contribution is 6.51. The zero-order chi connectivity index (χ0) is 12.0. The minimum atomic E-state index is -0.736. The Labute approximate surface area is 92.4 Å². The molecule has 0 bridgehead atoms. The topological polar surface area (TPSA) is 80.4 Å². The van der Waals surface area contributed by atoms with Crippen LogP contribution in [0.4, 0.5) is 5.69 Å². The number of aliphatic hydroxyl groups excluding tert-OH is 1. The monoisotopic (exact) mass is 217 g/mol. The van der Waals surface area contributed by atoms with Crippen molar-refractivity contribution < 1.29 is 14.7 Å². The Morgan fingerprint density at radius 1 is 1.25 bits per heavy atom. The first-order chi connectivity index (χ1) is 7.43. The third-order valence-electron chi connectivity index (χ3n) is 2.89. The summed E-state index contributed by atoms with van der Waals surface area (Å²) in [6.45, 7) is 3.61. The molecule has 1 aliphatic carbocycles. The van der Waals surface area contributed by atoms with Gasteiger partial charge in [-0.05, 0) is 31.0 Å². The minimum absolute atomic E-state index is 0.119. The predicted molar refractivity (Wildman–Crippen MR) is 60.3 cm³/mol. The lowest BCUT2D eigenvalue weighted by atomic mass is 9.88. The fourth-order valence-electron chi connectivity index (χ4n) is 1.78. The summed E-state index contributed by atoms with van der Waals surface area (Å²) < 4.78 is 0. The predicted octanol–water partition coefficient (Wildman–Crippen LogP) is 1.55. The fraction of sp³-hybridized carbons (Fsp3) is 0.167. The Hall–Kier alpha value is -2.10. The number of carbonyl (C=O) groups is 2. The summed E-state index contributed by atoms with van der Waals surface area (Å²) in [6, 6.07) is 1.66. The first-order valence-corrected chi connectivity index (χ1v) is 4.83. The van der Waals surface area contributed by atoms with Crippen molar-refractivity contribution in [2.45, 2.75) is 13.8 Å². The number of aryl methyl sites for hydroxylation is 1. The Morgan fingerprint density at radius 2 is 1.88 bits per heavy atom. The molecule has 82 valence electrons. The van der Waals surface area contributed by atoms with Crippen molar-refractivity contribution in [1.29, 1.82) is 0 Å². The summed E-state index contributed by atoms with van der Waals surface area (Å²) in [6.07, 6.45) is 0.929. The number of benzene rings is 1. The normalized spacial score (nSPS) is 14.8. The molecule has 0 amide bonds. The molecule has 0 radical (unpaired) electrons. The molecule has 1 aliphatic rings. The Kier molecular flexibility index (Phi) is 2.08. The summed E-state index contributed by atoms with van der Waals surface area (Å²) in [5.74, 6) is -1.59. The van der Waals surface area contributed by atoms with Crippen LogP contribution in [0.25, 0.3) is 5.76 Å². The molecule has 4 heteroatoms. The van der Waals surface area contributed by atoms with Crippen LogP contribution in [0.5, 0.6) is 0 Å². The Morgan fingerprint density at radius 3 is 2.50 bits per heavy atom. The zero-order valence-electron chi connectivity index (χ0n) is 9.00. The lowest BCUT2D eigenvalue weighted by molar-refractivity contribution is -0.111. The van der Waals surface area contributed by atoms with E-state index in [0.717, 1.165) is 17.2 Å². The van der Waals surface area contributed by atoms with E-state index in [9.17, 15) is 14.7 Å². The lowest BCUT2D eigenvalue weighted by Gasteiger charge is -2.17. The molecule has 0 heterocycles. The number of carbonyl (C=O) groups excluding carboxylic acids is 2. The molecule has 16 heavy (non-hydrogen) atoms. The number of rotatable bonds is 0. The van der Waals surface area contributed by atoms with Gasteiger partial charge in [0.05, 0.1) is 5.56 Å². The van der Waals surface area contributed by atoms with Crippen molar-refractivity contribution in [3.8, 4) is 0 Å². The quantitative estimate of drug-likeness (QED) is 0.510. The van der Waals surface area contributed by atoms with Crippen molar-refractivity contribution in [2.75, 3.05) is 5.73 Å². The molecule has 1 aromatic rings. The van der Waals surface area contributed by atoms with Gasteiger partial charge in [0.25, 0.3) is 0 Å². The van der Waals surface area contributed by atoms with E-state index in [0.29, 0.717) is 5.56 Å². The number of nitrogens with two attached hydrogens (primary N) is 1. The first-order valence-electron chi connectivity index (χ1n) is 4.83. The van der Waals surface area contributed by atoms with Gasteiger partial charge < -0.3 is 10.8 Å². The van der Waals surface area contributed by atoms with E-state index in [1.54, 1.807) is 13.0 Å². The molecule has 0 unspecified atom stereocenters. The molecule has 0 spiro atoms. The Balaban J connectivity index is 2.86. The highest BCUT2D eigenvalue weighted by atomic mass is 16.3. The summed E-state index contributed by atoms with van der Waals surface area (Å²) in [5.41, 5.74) is 8.17. The molecule has 0 saturated carbocycles. The number of anilines is 1. The number of fused-ring (bicyclic) bond motifs is 1. The molecule has 4 nitrogen and oxygen atoms in total. The van der Waals surface area contributed by atoms with Crippen LogP contribution >= 0.6 is 0 Å². The Bertz CT molecular complexity index is 556. The number of allylic oxidation sites excluding steroid dienone is 1. The van der Waals surface area contributed by atoms with Crippen molar-refractivity contribution in [1.82, 2.24) is 0 Å². The van der Waals surface area contributed by atoms with Crippen LogP contribution in [0.1, 0.15) is 27.0 Å². The maximum absolute atomic E-state index is 11.7. The maximum Gasteiger partial charge on any atom is 0.235 e. The first kappa shape index (κ1) is 10.4. The second-order valence-corrected chi connectivity index (χ2v) is 3.88. The van der Waals surface area contributed by atoms with Crippen LogP contribution in [-0.2, 0) is 4.79 Å². The van der Waals surface area contributed by atoms with Crippen LogP contribution in [0.3, 0.4) is 0 Å². The summed E-state index contributed by atoms with van der Waals surface area (Å²) >= 11 is 0. The number of ketones is 2. The molecular weight excluding hydrogens is 206 g/mol. The van der Waals surface area contributed by atoms with Gasteiger partial charge in [-0.3, -0.25) is 9.59 Å². The molecular formula is C12H11NO3. The number of nitrogen functional groups attached to an aromatic ring is 1. The SMILES string of the molecule is Cc1cc2c(c(N)c1C)C(=O)C(=O)C=C2O. The lowest BCUT2D eigenvalue weighted by Crippen LogP contribution is -2.21. The minimum Gasteiger partial charge on any atom is -0.507 e. The molecule has 0 fully saturated rings. The van der Waals surface area contributed by atoms with Crippen LogP contribution in [0, 0.1) is 13.8 Å². The van der Waals surface area contributed by atoms with Gasteiger partial charge in [-0.25, -0.2) is 0 Å². The van der Waals surface area contributed by atoms with Gasteiger partial charge in [0.1, 0.15) is 5.76 Å². The molecule has 0 aliphatic heterocycles. The van der Waals surface area contributed by atoms with Crippen LogP contribution in [0.2, 0.25) is 0 Å². The van der Waals surface area contributed by atoms with Crippen LogP contribution in [-0.4, -0.2) is 16.7 Å². The third-order valence-corrected chi connectivity index (χ3v) is 2.89. The maximum atomic E-state index is 11.7. The van der Waals surface area contributed by atoms with E-state index in [-0.39, 0.29) is 17.0 Å². The highest BCUT2D eigenvalue weighted by Crippen LogP contribution is 2.31. The molecule has 0 saturated heterocycles. The molecule has 0 atom stereocenters. The van der Waals surface area contributed by atoms with Gasteiger partial charge in [0.15, 0.2) is 0 Å². The smallest absolute Gasteiger partial charge is 0.235 e. The molecule has 3 N–H and O–H groups in total. The van der Waals surface area contributed by atoms with Crippen LogP contribution < -0.4 is 5.73 Å². The van der Waals surface area contributed by atoms with E-state index in [4.69, 9.17) is 5.73 Å². The summed E-state index contributed by atoms with van der Waals surface area (Å²) in [7, 11) is 0. The standard InChI is InChI=1S/C12H11NO3/c1-5-3-7-8(14)4-9(15)12(16)10(7)11(13)6(5)2/h3-4,14H,13H2,1-2H3. The van der Waals surface area contributed by atoms with Crippen molar-refractivity contribution in [2.24, 2.45) is 0 Å². The molecule has 0 aromatic heterocycles. The van der Waals surface area contributed by atoms with E-state index < -0.39 is 11.6 Å². The van der Waals surface area contributed by atoms with Gasteiger partial charge >= 0.3 is 0 Å². The largest absolute Gasteiger partial charge is 0.507 e. The fourth-order valence-corrected chi connectivity index (χ4v) is 1.78. The third kappa shape index (κ3) is 1.23. The number of Topliss-reactive ketones (excluding diaryl/α,β-unsaturated/α-hetero) is 1. The number of hydrogen-bond acceptors (Lipinski definition) is 4. The van der Waals surface area contributed by atoms with Crippen molar-refractivity contribution in [3.05, 3.63) is 34.4 Å². The van der Waals surface area contributed by atoms with Crippen molar-refractivity contribution >= 4 is 23.0 Å². The van der Waals surface area contributed by atoms with E-state index in [1.165, 1.54) is 0 Å². The molecule has 2 rings (SSSR count). The van der Waals surface area contributed by atoms with Crippen molar-refractivity contribution in [3.63, 3.8) is 0 Å². The average molecular weight is 217 g/mol. The van der Waals surface area contributed by atoms with Crippen LogP contribution in [0.15, 0.2) is 12.1 Å². The highest BCUT2D eigenvalue weighted by Gasteiger charge is 2.29. The molecule has 1 aromatic carbocycles.